The van der Waals surface area contributed by atoms with Gasteiger partial charge in [0.1, 0.15) is 42.4 Å². The van der Waals surface area contributed by atoms with Crippen LogP contribution < -0.4 is 0 Å². The molecule has 6 fully saturated rings. The number of allylic oxidation sites excluding steroid dienone is 2. The molecule has 0 bridgehead atoms. The van der Waals surface area contributed by atoms with Gasteiger partial charge in [-0.3, -0.25) is 4.79 Å². The molecule has 3 saturated heterocycles. The van der Waals surface area contributed by atoms with Crippen molar-refractivity contribution < 1.29 is 72.3 Å². The molecule has 15 heteroatoms. The zero-order valence-electron chi connectivity index (χ0n) is 38.7. The van der Waals surface area contributed by atoms with Crippen LogP contribution in [0.4, 0.5) is 0 Å². The van der Waals surface area contributed by atoms with E-state index < -0.39 is 96.9 Å². The third-order valence-corrected chi connectivity index (χ3v) is 16.6. The van der Waals surface area contributed by atoms with E-state index in [0.717, 1.165) is 19.3 Å². The topological polar surface area (TPSA) is 187 Å². The van der Waals surface area contributed by atoms with Gasteiger partial charge in [-0.05, 0) is 104 Å². The van der Waals surface area contributed by atoms with E-state index in [4.69, 9.17) is 47.4 Å². The maximum atomic E-state index is 13.3. The molecule has 62 heavy (non-hydrogen) atoms. The third-order valence-electron chi connectivity index (χ3n) is 16.6. The number of esters is 1. The lowest BCUT2D eigenvalue weighted by molar-refractivity contribution is -0.352. The van der Waals surface area contributed by atoms with E-state index in [-0.39, 0.29) is 41.2 Å². The minimum atomic E-state index is -1.22. The van der Waals surface area contributed by atoms with Crippen molar-refractivity contribution in [3.05, 3.63) is 23.3 Å². The molecule has 0 aromatic heterocycles. The zero-order valence-corrected chi connectivity index (χ0v) is 38.7. The van der Waals surface area contributed by atoms with Gasteiger partial charge in [-0.15, -0.1) is 0 Å². The predicted octanol–water partition coefficient (Wildman–Crippen LogP) is 4.69. The van der Waals surface area contributed by atoms with Crippen LogP contribution in [0.1, 0.15) is 113 Å². The minimum Gasteiger partial charge on any atom is -0.458 e. The van der Waals surface area contributed by atoms with Gasteiger partial charge in [-0.25, -0.2) is 4.79 Å². The standard InChI is InChI=1S/C47H74O15/c1-12-23(2)43(51)60-35-20-32-31(47(52)18-16-30(24(3)48)46(35,47)8)14-13-28-19-29(15-17-45(28,32)7)59-36-21-33(53-9)40(26(5)56-36)61-37-22-34(54-10)41(27(6)57-37)62-44-39(50)42(55-11)38(49)25(4)58-44/h12-13,25-27,29-42,44,49-50,52H,14-22H2,1-11H3/b23-12+/t25-,26-,27-,29+,30-,31?,32?,33+,34+,35-,36+,37+,38+,39-,40-,41-,42-,44+,45+,46+,47+/m1/s1. The number of rotatable bonds is 12. The normalized spacial score (nSPS) is 49.6. The number of carbonyl (C=O) groups is 2. The molecule has 3 aliphatic heterocycles. The van der Waals surface area contributed by atoms with Gasteiger partial charge >= 0.3 is 5.97 Å². The summed E-state index contributed by atoms with van der Waals surface area (Å²) in [5.41, 5.74) is -0.439. The Morgan fingerprint density at radius 1 is 0.774 bits per heavy atom. The van der Waals surface area contributed by atoms with E-state index in [1.807, 2.05) is 27.7 Å². The van der Waals surface area contributed by atoms with Crippen molar-refractivity contribution in [3.63, 3.8) is 0 Å². The summed E-state index contributed by atoms with van der Waals surface area (Å²) in [6.07, 6.45) is 0.173. The average molecular weight is 879 g/mol. The molecule has 4 aliphatic carbocycles. The summed E-state index contributed by atoms with van der Waals surface area (Å²) >= 11 is 0. The number of methoxy groups -OCH3 is 3. The van der Waals surface area contributed by atoms with Crippen molar-refractivity contribution in [2.75, 3.05) is 21.3 Å². The van der Waals surface area contributed by atoms with Crippen molar-refractivity contribution in [1.82, 2.24) is 0 Å². The van der Waals surface area contributed by atoms with E-state index in [1.165, 1.54) is 12.7 Å². The number of fused-ring (bicyclic) bond motifs is 5. The molecular weight excluding hydrogens is 805 g/mol. The second kappa shape index (κ2) is 18.8. The first kappa shape index (κ1) is 48.1. The first-order valence-corrected chi connectivity index (χ1v) is 23.0. The molecule has 0 spiro atoms. The van der Waals surface area contributed by atoms with Crippen molar-refractivity contribution in [2.45, 2.75) is 211 Å². The number of ether oxygens (including phenoxy) is 10. The number of hydrogen-bond acceptors (Lipinski definition) is 15. The van der Waals surface area contributed by atoms with Crippen LogP contribution in [0.25, 0.3) is 0 Å². The van der Waals surface area contributed by atoms with Gasteiger partial charge in [0.15, 0.2) is 18.9 Å². The molecule has 3 saturated carbocycles. The van der Waals surface area contributed by atoms with Crippen LogP contribution in [-0.2, 0) is 57.0 Å². The fourth-order valence-electron chi connectivity index (χ4n) is 12.8. The Labute approximate surface area is 367 Å². The SMILES string of the molecule is C/C=C(\C)C(=O)O[C@@H]1CC2C(CC=C3C[C@@H](O[C@H]4C[C@H](OC)[C@H](O[C@H]5C[C@H](OC)[C@H](O[C@@H]6O[C@H](C)[C@H](O)[C@@H](OC)[C@H]6O)[C@@H](C)O5)[C@@H](C)O4)CC[C@@]32C)[C@@]2(O)CC[C@H](C(C)=O)[C@@]12C. The Morgan fingerprint density at radius 2 is 1.40 bits per heavy atom. The average Bonchev–Trinajstić information content (AvgIpc) is 3.53. The van der Waals surface area contributed by atoms with Gasteiger partial charge in [0.25, 0.3) is 0 Å². The van der Waals surface area contributed by atoms with Crippen molar-refractivity contribution in [3.8, 4) is 0 Å². The highest BCUT2D eigenvalue weighted by Gasteiger charge is 2.71. The summed E-state index contributed by atoms with van der Waals surface area (Å²) in [4.78, 5) is 26.4. The number of Topliss-reactive ketones (excluding diaryl/α,β-unsaturated/α-hetero) is 1. The summed E-state index contributed by atoms with van der Waals surface area (Å²) in [6, 6.07) is 0. The molecule has 3 N–H and O–H groups in total. The number of aliphatic hydroxyl groups excluding tert-OH is 2. The maximum Gasteiger partial charge on any atom is 0.333 e. The molecule has 0 amide bonds. The van der Waals surface area contributed by atoms with Gasteiger partial charge in [0.2, 0.25) is 0 Å². The van der Waals surface area contributed by atoms with E-state index >= 15 is 0 Å². The Bertz CT molecular complexity index is 1670. The first-order valence-electron chi connectivity index (χ1n) is 23.0. The Hall–Kier alpha value is -1.86. The minimum absolute atomic E-state index is 0.0391. The summed E-state index contributed by atoms with van der Waals surface area (Å²) in [5.74, 6) is -0.727. The predicted molar refractivity (Wildman–Crippen MR) is 223 cm³/mol. The fourth-order valence-corrected chi connectivity index (χ4v) is 12.8. The molecule has 7 rings (SSSR count). The van der Waals surface area contributed by atoms with Crippen LogP contribution in [0.2, 0.25) is 0 Å². The smallest absolute Gasteiger partial charge is 0.333 e. The number of carbonyl (C=O) groups excluding carboxylic acids is 2. The molecule has 3 heterocycles. The first-order chi connectivity index (χ1) is 29.3. The van der Waals surface area contributed by atoms with Crippen molar-refractivity contribution in [2.24, 2.45) is 28.6 Å². The van der Waals surface area contributed by atoms with Crippen LogP contribution >= 0.6 is 0 Å². The van der Waals surface area contributed by atoms with Crippen LogP contribution in [0, 0.1) is 28.6 Å². The summed E-state index contributed by atoms with van der Waals surface area (Å²) in [6.45, 7) is 15.0. The molecule has 352 valence electrons. The van der Waals surface area contributed by atoms with Crippen molar-refractivity contribution >= 4 is 11.8 Å². The van der Waals surface area contributed by atoms with E-state index in [2.05, 4.69) is 13.0 Å². The molecule has 0 radical (unpaired) electrons. The number of hydrogen-bond donors (Lipinski definition) is 3. The molecule has 15 nitrogen and oxygen atoms in total. The number of ketones is 1. The fraction of sp³-hybridized carbons (Fsp3) is 0.872. The number of aliphatic hydroxyl groups is 3. The lowest BCUT2D eigenvalue weighted by atomic mass is 9.45. The summed E-state index contributed by atoms with van der Waals surface area (Å²) < 4.78 is 61.8. The van der Waals surface area contributed by atoms with Gasteiger partial charge in [0, 0.05) is 51.1 Å². The van der Waals surface area contributed by atoms with Gasteiger partial charge in [-0.2, -0.15) is 0 Å². The molecular formula is C47H74O15. The Balaban J connectivity index is 0.980. The third kappa shape index (κ3) is 8.42. The molecule has 7 aliphatic rings. The second-order valence-electron chi connectivity index (χ2n) is 19.8. The highest BCUT2D eigenvalue weighted by Crippen LogP contribution is 2.68. The summed E-state index contributed by atoms with van der Waals surface area (Å²) in [5, 5.41) is 34.1. The molecule has 2 unspecified atom stereocenters. The molecule has 0 aromatic carbocycles. The van der Waals surface area contributed by atoms with Crippen LogP contribution in [0.15, 0.2) is 23.3 Å². The van der Waals surface area contributed by atoms with Crippen LogP contribution in [0.5, 0.6) is 0 Å². The van der Waals surface area contributed by atoms with Crippen molar-refractivity contribution in [1.29, 1.82) is 0 Å². The van der Waals surface area contributed by atoms with Gasteiger partial charge in [-0.1, -0.05) is 31.6 Å². The zero-order chi connectivity index (χ0) is 45.1. The lowest BCUT2D eigenvalue weighted by Crippen LogP contribution is -2.66. The Kier molecular flexibility index (Phi) is 14.6. The maximum absolute atomic E-state index is 13.3. The van der Waals surface area contributed by atoms with Crippen LogP contribution in [0.3, 0.4) is 0 Å². The Morgan fingerprint density at radius 3 is 2.00 bits per heavy atom. The summed E-state index contributed by atoms with van der Waals surface area (Å²) in [7, 11) is 4.68. The second-order valence-corrected chi connectivity index (χ2v) is 19.8. The van der Waals surface area contributed by atoms with E-state index in [1.54, 1.807) is 41.1 Å². The molecule has 0 aromatic rings. The van der Waals surface area contributed by atoms with Gasteiger partial charge < -0.3 is 62.7 Å². The highest BCUT2D eigenvalue weighted by atomic mass is 16.8. The largest absolute Gasteiger partial charge is 0.458 e. The van der Waals surface area contributed by atoms with E-state index in [0.29, 0.717) is 44.1 Å². The van der Waals surface area contributed by atoms with Gasteiger partial charge in [0.05, 0.1) is 42.2 Å². The lowest BCUT2D eigenvalue weighted by Gasteiger charge is -2.63. The van der Waals surface area contributed by atoms with E-state index in [9.17, 15) is 24.9 Å². The molecule has 21 atom stereocenters. The highest BCUT2D eigenvalue weighted by molar-refractivity contribution is 5.88. The van der Waals surface area contributed by atoms with Crippen LogP contribution in [-0.4, -0.2) is 146 Å². The monoisotopic (exact) mass is 879 g/mol. The quantitative estimate of drug-likeness (QED) is 0.139.